The van der Waals surface area contributed by atoms with Gasteiger partial charge in [0.25, 0.3) is 0 Å². The number of thioether (sulfide) groups is 2. The second-order valence-corrected chi connectivity index (χ2v) is 11.5. The summed E-state index contributed by atoms with van der Waals surface area (Å²) >= 11 is 3.06. The Morgan fingerprint density at radius 3 is 2.23 bits per heavy atom. The first-order valence-electron chi connectivity index (χ1n) is 13.0. The minimum atomic E-state index is -1.14. The number of nitrogens with one attached hydrogen (secondary N) is 4. The van der Waals surface area contributed by atoms with Crippen LogP contribution in [0.1, 0.15) is 38.7 Å². The van der Waals surface area contributed by atoms with Crippen LogP contribution in [-0.2, 0) is 25.6 Å². The van der Waals surface area contributed by atoms with Gasteiger partial charge in [-0.2, -0.15) is 23.5 Å². The number of hydrogen-bond donors (Lipinski definition) is 6. The summed E-state index contributed by atoms with van der Waals surface area (Å²) in [5, 5.41) is 18.7. The summed E-state index contributed by atoms with van der Waals surface area (Å²) < 4.78 is 0. The van der Waals surface area contributed by atoms with E-state index in [-0.39, 0.29) is 18.8 Å². The van der Waals surface area contributed by atoms with Crippen molar-refractivity contribution in [2.45, 2.75) is 63.7 Å². The second kappa shape index (κ2) is 16.4. The number of carbonyl (C=O) groups excluding carboxylic acids is 3. The molecule has 0 aliphatic carbocycles. The molecule has 2 aromatic rings. The van der Waals surface area contributed by atoms with Gasteiger partial charge in [-0.25, -0.2) is 4.79 Å². The van der Waals surface area contributed by atoms with Crippen molar-refractivity contribution in [3.63, 3.8) is 0 Å². The smallest absolute Gasteiger partial charge is 0.326 e. The average Bonchev–Trinajstić information content (AvgIpc) is 3.33. The van der Waals surface area contributed by atoms with Gasteiger partial charge in [0, 0.05) is 23.5 Å². The highest BCUT2D eigenvalue weighted by Gasteiger charge is 2.32. The maximum atomic E-state index is 13.5. The molecular weight excluding hydrogens is 538 g/mol. The highest BCUT2D eigenvalue weighted by atomic mass is 32.2. The van der Waals surface area contributed by atoms with E-state index in [1.807, 2.05) is 50.6 Å². The van der Waals surface area contributed by atoms with Gasteiger partial charge in [0.1, 0.15) is 18.1 Å². The van der Waals surface area contributed by atoms with Crippen molar-refractivity contribution < 1.29 is 24.3 Å². The lowest BCUT2D eigenvalue weighted by molar-refractivity contribution is -0.142. The van der Waals surface area contributed by atoms with Crippen molar-refractivity contribution in [1.29, 1.82) is 0 Å². The lowest BCUT2D eigenvalue weighted by Gasteiger charge is -2.28. The zero-order valence-electron chi connectivity index (χ0n) is 23.0. The van der Waals surface area contributed by atoms with Crippen LogP contribution in [0.25, 0.3) is 10.9 Å². The van der Waals surface area contributed by atoms with Crippen molar-refractivity contribution >= 4 is 58.1 Å². The number of fused-ring (bicyclic) bond motifs is 1. The van der Waals surface area contributed by atoms with Crippen molar-refractivity contribution in [3.8, 4) is 0 Å². The van der Waals surface area contributed by atoms with Crippen molar-refractivity contribution in [1.82, 2.24) is 20.9 Å². The lowest BCUT2D eigenvalue weighted by Crippen LogP contribution is -2.59. The third-order valence-electron chi connectivity index (χ3n) is 6.72. The molecule has 1 aromatic heterocycles. The molecule has 0 aliphatic heterocycles. The number of carboxylic acid groups (broad SMARTS) is 1. The summed E-state index contributed by atoms with van der Waals surface area (Å²) in [7, 11) is 0. The molecule has 10 nitrogen and oxygen atoms in total. The minimum absolute atomic E-state index is 0.130. The molecule has 3 amide bonds. The predicted molar refractivity (Wildman–Crippen MR) is 159 cm³/mol. The van der Waals surface area contributed by atoms with Crippen molar-refractivity contribution in [2.24, 2.45) is 11.7 Å². The molecule has 1 heterocycles. The molecule has 0 spiro atoms. The molecule has 0 bridgehead atoms. The molecule has 0 fully saturated rings. The third kappa shape index (κ3) is 9.77. The largest absolute Gasteiger partial charge is 0.480 e. The van der Waals surface area contributed by atoms with Crippen LogP contribution in [0.2, 0.25) is 0 Å². The van der Waals surface area contributed by atoms with Gasteiger partial charge in [0.2, 0.25) is 17.7 Å². The number of carboxylic acids is 1. The summed E-state index contributed by atoms with van der Waals surface area (Å²) in [5.41, 5.74) is 7.70. The number of benzene rings is 1. The van der Waals surface area contributed by atoms with Gasteiger partial charge >= 0.3 is 5.97 Å². The normalized spacial score (nSPS) is 15.1. The first-order valence-corrected chi connectivity index (χ1v) is 15.8. The fourth-order valence-electron chi connectivity index (χ4n) is 4.09. The fraction of sp³-hybridized carbons (Fsp3) is 0.556. The molecule has 2 rings (SSSR count). The van der Waals surface area contributed by atoms with Gasteiger partial charge in [-0.15, -0.1) is 0 Å². The molecule has 1 aromatic carbocycles. The Balaban J connectivity index is 2.31. The highest BCUT2D eigenvalue weighted by molar-refractivity contribution is 7.98. The van der Waals surface area contributed by atoms with Gasteiger partial charge in [-0.1, -0.05) is 38.5 Å². The number of nitrogens with two attached hydrogens (primary N) is 1. The SMILES string of the molecule is CCC(C)C(NC(=O)C(N)CCSC)C(=O)NC(Cc1c[nH]c2ccccc12)C(=O)NC(CCSC)C(=O)O. The third-order valence-corrected chi connectivity index (χ3v) is 8.01. The summed E-state index contributed by atoms with van der Waals surface area (Å²) in [5.74, 6) is -1.66. The maximum Gasteiger partial charge on any atom is 0.326 e. The van der Waals surface area contributed by atoms with Crippen LogP contribution >= 0.6 is 23.5 Å². The van der Waals surface area contributed by atoms with Gasteiger partial charge < -0.3 is 31.8 Å². The summed E-state index contributed by atoms with van der Waals surface area (Å²) in [6.45, 7) is 3.75. The maximum absolute atomic E-state index is 13.5. The molecule has 216 valence electrons. The Kier molecular flexibility index (Phi) is 13.7. The molecule has 12 heteroatoms. The van der Waals surface area contributed by atoms with Crippen LogP contribution in [0.15, 0.2) is 30.5 Å². The molecule has 0 saturated carbocycles. The molecule has 39 heavy (non-hydrogen) atoms. The van der Waals surface area contributed by atoms with Crippen LogP contribution in [0.3, 0.4) is 0 Å². The van der Waals surface area contributed by atoms with Crippen LogP contribution in [0.5, 0.6) is 0 Å². The first kappa shape index (κ1) is 32.5. The number of H-pyrrole nitrogens is 1. The van der Waals surface area contributed by atoms with Gasteiger partial charge in [-0.3, -0.25) is 14.4 Å². The quantitative estimate of drug-likeness (QED) is 0.166. The van der Waals surface area contributed by atoms with E-state index in [1.54, 1.807) is 18.0 Å². The Morgan fingerprint density at radius 1 is 0.949 bits per heavy atom. The fourth-order valence-corrected chi connectivity index (χ4v) is 5.06. The van der Waals surface area contributed by atoms with E-state index in [9.17, 15) is 24.3 Å². The zero-order valence-corrected chi connectivity index (χ0v) is 24.6. The van der Waals surface area contributed by atoms with E-state index in [1.165, 1.54) is 11.8 Å². The number of aromatic nitrogens is 1. The summed E-state index contributed by atoms with van der Waals surface area (Å²) in [6.07, 6.45) is 7.01. The van der Waals surface area contributed by atoms with E-state index >= 15 is 0 Å². The zero-order chi connectivity index (χ0) is 28.9. The van der Waals surface area contributed by atoms with E-state index in [0.717, 1.165) is 16.5 Å². The number of hydrogen-bond acceptors (Lipinski definition) is 7. The topological polar surface area (TPSA) is 166 Å². The Hall–Kier alpha value is -2.70. The Bertz CT molecular complexity index is 1110. The molecule has 0 radical (unpaired) electrons. The molecule has 0 saturated heterocycles. The molecule has 0 aliphatic rings. The van der Waals surface area contributed by atoms with Crippen LogP contribution in [0.4, 0.5) is 0 Å². The number of para-hydroxylation sites is 1. The highest BCUT2D eigenvalue weighted by Crippen LogP contribution is 2.20. The monoisotopic (exact) mass is 579 g/mol. The molecular formula is C27H41N5O5S2. The van der Waals surface area contributed by atoms with Gasteiger partial charge in [-0.05, 0) is 54.4 Å². The number of aromatic amines is 1. The number of amides is 3. The number of aliphatic carboxylic acids is 1. The van der Waals surface area contributed by atoms with Crippen LogP contribution in [0, 0.1) is 5.92 Å². The molecule has 5 unspecified atom stereocenters. The standard InChI is InChI=1S/C27H41N5O5S2/c1-5-16(2)23(32-24(33)19(28)10-12-38-3)26(35)31-22(25(34)30-21(27(36)37)11-13-39-4)14-17-15-29-20-9-7-6-8-18(17)20/h6-9,15-16,19,21-23,29H,5,10-14,28H2,1-4H3,(H,30,34)(H,31,35)(H,32,33)(H,36,37). The van der Waals surface area contributed by atoms with E-state index < -0.39 is 47.9 Å². The van der Waals surface area contributed by atoms with E-state index in [2.05, 4.69) is 20.9 Å². The minimum Gasteiger partial charge on any atom is -0.480 e. The van der Waals surface area contributed by atoms with Crippen molar-refractivity contribution in [3.05, 3.63) is 36.0 Å². The van der Waals surface area contributed by atoms with Gasteiger partial charge in [0.05, 0.1) is 6.04 Å². The number of rotatable bonds is 17. The second-order valence-electron chi connectivity index (χ2n) is 9.57. The van der Waals surface area contributed by atoms with Crippen molar-refractivity contribution in [2.75, 3.05) is 24.0 Å². The molecule has 7 N–H and O–H groups in total. The van der Waals surface area contributed by atoms with E-state index in [0.29, 0.717) is 24.3 Å². The van der Waals surface area contributed by atoms with Crippen LogP contribution < -0.4 is 21.7 Å². The predicted octanol–water partition coefficient (Wildman–Crippen LogP) is 2.13. The lowest BCUT2D eigenvalue weighted by atomic mass is 9.96. The first-order chi connectivity index (χ1) is 18.6. The Morgan fingerprint density at radius 2 is 1.59 bits per heavy atom. The van der Waals surface area contributed by atoms with Crippen LogP contribution in [-0.4, -0.2) is 82.0 Å². The van der Waals surface area contributed by atoms with E-state index in [4.69, 9.17) is 5.73 Å². The summed E-state index contributed by atoms with van der Waals surface area (Å²) in [6, 6.07) is 3.77. The van der Waals surface area contributed by atoms with Gasteiger partial charge in [0.15, 0.2) is 0 Å². The summed E-state index contributed by atoms with van der Waals surface area (Å²) in [4.78, 5) is 54.7. The Labute approximate surface area is 238 Å². The molecule has 5 atom stereocenters. The number of carbonyl (C=O) groups is 4. The average molecular weight is 580 g/mol.